The number of hydrogen-bond acceptors (Lipinski definition) is 2. The van der Waals surface area contributed by atoms with E-state index in [1.165, 1.54) is 37.7 Å². The Morgan fingerprint density at radius 3 is 2.00 bits per heavy atom. The van der Waals surface area contributed by atoms with Gasteiger partial charge in [0.25, 0.3) is 0 Å². The van der Waals surface area contributed by atoms with Gasteiger partial charge < -0.3 is 4.74 Å². The topological polar surface area (TPSA) is 26.3 Å². The summed E-state index contributed by atoms with van der Waals surface area (Å²) in [6.45, 7) is 2.22. The summed E-state index contributed by atoms with van der Waals surface area (Å²) in [6, 6.07) is 17.9. The van der Waals surface area contributed by atoms with E-state index in [9.17, 15) is 4.79 Å². The fraction of sp³-hybridized carbons (Fsp3) is 0.409. The first-order valence-electron chi connectivity index (χ1n) is 9.16. The fourth-order valence-corrected chi connectivity index (χ4v) is 2.75. The summed E-state index contributed by atoms with van der Waals surface area (Å²) in [5.74, 6) is 0.499. The highest BCUT2D eigenvalue weighted by Gasteiger charge is 2.05. The maximum atomic E-state index is 11.9. The van der Waals surface area contributed by atoms with Gasteiger partial charge in [0.2, 0.25) is 0 Å². The van der Waals surface area contributed by atoms with Crippen molar-refractivity contribution >= 4 is 5.97 Å². The number of esters is 1. The first kappa shape index (κ1) is 18.3. The van der Waals surface area contributed by atoms with Gasteiger partial charge in [0.05, 0.1) is 0 Å². The lowest BCUT2D eigenvalue weighted by atomic mass is 10.1. The zero-order valence-corrected chi connectivity index (χ0v) is 14.7. The van der Waals surface area contributed by atoms with Crippen molar-refractivity contribution < 1.29 is 9.53 Å². The zero-order valence-electron chi connectivity index (χ0n) is 14.7. The molecule has 24 heavy (non-hydrogen) atoms. The molecule has 0 spiro atoms. The molecule has 0 saturated carbocycles. The molecule has 0 amide bonds. The molecule has 0 N–H and O–H groups in total. The number of hydrogen-bond donors (Lipinski definition) is 0. The Morgan fingerprint density at radius 2 is 1.33 bits per heavy atom. The third-order valence-corrected chi connectivity index (χ3v) is 4.18. The smallest absolute Gasteiger partial charge is 0.311 e. The molecule has 0 atom stereocenters. The quantitative estimate of drug-likeness (QED) is 0.287. The van der Waals surface area contributed by atoms with Crippen molar-refractivity contribution in [3.05, 3.63) is 54.6 Å². The maximum absolute atomic E-state index is 11.9. The van der Waals surface area contributed by atoms with Crippen LogP contribution in [0.1, 0.15) is 58.3 Å². The molecule has 2 rings (SSSR count). The molecule has 0 bridgehead atoms. The predicted octanol–water partition coefficient (Wildman–Crippen LogP) is 6.40. The molecule has 128 valence electrons. The molecular formula is C22H28O2. The molecule has 0 aromatic heterocycles. The number of unbranched alkanes of at least 4 members (excludes halogenated alkanes) is 6. The van der Waals surface area contributed by atoms with Crippen molar-refractivity contribution in [1.82, 2.24) is 0 Å². The van der Waals surface area contributed by atoms with Crippen molar-refractivity contribution in [2.24, 2.45) is 0 Å². The number of rotatable bonds is 10. The normalized spacial score (nSPS) is 10.5. The first-order valence-corrected chi connectivity index (χ1v) is 9.16. The molecule has 0 radical (unpaired) electrons. The number of ether oxygens (including phenoxy) is 1. The van der Waals surface area contributed by atoms with Gasteiger partial charge in [-0.15, -0.1) is 0 Å². The summed E-state index contributed by atoms with van der Waals surface area (Å²) < 4.78 is 5.41. The third kappa shape index (κ3) is 6.57. The van der Waals surface area contributed by atoms with Crippen LogP contribution < -0.4 is 4.74 Å². The van der Waals surface area contributed by atoms with Crippen molar-refractivity contribution in [2.45, 2.75) is 58.3 Å². The number of carbonyl (C=O) groups is 1. The first-order chi connectivity index (χ1) is 11.8. The van der Waals surface area contributed by atoms with Crippen LogP contribution in [0.15, 0.2) is 54.6 Å². The van der Waals surface area contributed by atoms with E-state index in [4.69, 9.17) is 4.74 Å². The van der Waals surface area contributed by atoms with E-state index in [0.29, 0.717) is 12.2 Å². The van der Waals surface area contributed by atoms with Crippen LogP contribution in [0.4, 0.5) is 0 Å². The van der Waals surface area contributed by atoms with Gasteiger partial charge in [-0.2, -0.15) is 0 Å². The van der Waals surface area contributed by atoms with Crippen LogP contribution in [0, 0.1) is 0 Å². The molecule has 0 unspecified atom stereocenters. The van der Waals surface area contributed by atoms with E-state index >= 15 is 0 Å². The van der Waals surface area contributed by atoms with Crippen molar-refractivity contribution in [3.8, 4) is 16.9 Å². The second-order valence-electron chi connectivity index (χ2n) is 6.24. The lowest BCUT2D eigenvalue weighted by molar-refractivity contribution is -0.134. The van der Waals surface area contributed by atoms with Crippen molar-refractivity contribution in [2.75, 3.05) is 0 Å². The Balaban J connectivity index is 1.69. The fourth-order valence-electron chi connectivity index (χ4n) is 2.75. The van der Waals surface area contributed by atoms with E-state index in [1.54, 1.807) is 0 Å². The Labute approximate surface area is 145 Å². The summed E-state index contributed by atoms with van der Waals surface area (Å²) >= 11 is 0. The number of carbonyl (C=O) groups excluding carboxylic acids is 1. The molecule has 2 aromatic rings. The summed E-state index contributed by atoms with van der Waals surface area (Å²) in [5, 5.41) is 0. The highest BCUT2D eigenvalue weighted by molar-refractivity contribution is 5.73. The summed E-state index contributed by atoms with van der Waals surface area (Å²) in [5.41, 5.74) is 2.29. The second-order valence-corrected chi connectivity index (χ2v) is 6.24. The second kappa shape index (κ2) is 10.6. The lowest BCUT2D eigenvalue weighted by Gasteiger charge is -2.06. The molecule has 0 fully saturated rings. The molecular weight excluding hydrogens is 296 g/mol. The zero-order chi connectivity index (χ0) is 17.0. The van der Waals surface area contributed by atoms with Crippen LogP contribution >= 0.6 is 0 Å². The van der Waals surface area contributed by atoms with Crippen LogP contribution in [-0.2, 0) is 4.79 Å². The Kier molecular flexibility index (Phi) is 8.09. The van der Waals surface area contributed by atoms with E-state index < -0.39 is 0 Å². The Hall–Kier alpha value is -2.09. The minimum absolute atomic E-state index is 0.129. The Morgan fingerprint density at radius 1 is 0.750 bits per heavy atom. The maximum Gasteiger partial charge on any atom is 0.311 e. The monoisotopic (exact) mass is 324 g/mol. The summed E-state index contributed by atoms with van der Waals surface area (Å²) in [6.07, 6.45) is 8.96. The van der Waals surface area contributed by atoms with Gasteiger partial charge in [-0.05, 0) is 29.7 Å². The molecule has 0 aliphatic rings. The minimum atomic E-state index is -0.129. The summed E-state index contributed by atoms with van der Waals surface area (Å²) in [7, 11) is 0. The predicted molar refractivity (Wildman–Crippen MR) is 100 cm³/mol. The van der Waals surface area contributed by atoms with E-state index in [2.05, 4.69) is 19.1 Å². The molecule has 0 aliphatic heterocycles. The average Bonchev–Trinajstić information content (AvgIpc) is 2.62. The van der Waals surface area contributed by atoms with Gasteiger partial charge in [0, 0.05) is 6.42 Å². The van der Waals surface area contributed by atoms with Crippen molar-refractivity contribution in [1.29, 1.82) is 0 Å². The van der Waals surface area contributed by atoms with E-state index in [1.807, 2.05) is 42.5 Å². The molecule has 2 heteroatoms. The molecule has 2 nitrogen and oxygen atoms in total. The Bertz CT molecular complexity index is 587. The van der Waals surface area contributed by atoms with Crippen LogP contribution in [0.3, 0.4) is 0 Å². The van der Waals surface area contributed by atoms with Crippen LogP contribution in [0.2, 0.25) is 0 Å². The van der Waals surface area contributed by atoms with Gasteiger partial charge in [-0.1, -0.05) is 87.9 Å². The van der Waals surface area contributed by atoms with E-state index in [0.717, 1.165) is 18.4 Å². The molecule has 0 saturated heterocycles. The molecule has 2 aromatic carbocycles. The average molecular weight is 324 g/mol. The minimum Gasteiger partial charge on any atom is -0.427 e. The summed E-state index contributed by atoms with van der Waals surface area (Å²) in [4.78, 5) is 11.9. The SMILES string of the molecule is CCCCCCCCCC(=O)Oc1ccc(-c2ccccc2)cc1. The van der Waals surface area contributed by atoms with Gasteiger partial charge in [0.15, 0.2) is 0 Å². The largest absolute Gasteiger partial charge is 0.427 e. The van der Waals surface area contributed by atoms with E-state index in [-0.39, 0.29) is 5.97 Å². The van der Waals surface area contributed by atoms with Gasteiger partial charge >= 0.3 is 5.97 Å². The third-order valence-electron chi connectivity index (χ3n) is 4.18. The van der Waals surface area contributed by atoms with Crippen LogP contribution in [-0.4, -0.2) is 5.97 Å². The number of benzene rings is 2. The van der Waals surface area contributed by atoms with Gasteiger partial charge in [-0.3, -0.25) is 4.79 Å². The van der Waals surface area contributed by atoms with Crippen molar-refractivity contribution in [3.63, 3.8) is 0 Å². The lowest BCUT2D eigenvalue weighted by Crippen LogP contribution is -2.07. The van der Waals surface area contributed by atoms with Gasteiger partial charge in [0.1, 0.15) is 5.75 Å². The standard InChI is InChI=1S/C22H28O2/c1-2-3-4-5-6-7-11-14-22(23)24-21-17-15-20(16-18-21)19-12-9-8-10-13-19/h8-10,12-13,15-18H,2-7,11,14H2,1H3. The molecule has 0 heterocycles. The highest BCUT2D eigenvalue weighted by atomic mass is 16.5. The molecule has 0 aliphatic carbocycles. The van der Waals surface area contributed by atoms with Crippen LogP contribution in [0.25, 0.3) is 11.1 Å². The van der Waals surface area contributed by atoms with Gasteiger partial charge in [-0.25, -0.2) is 0 Å². The highest BCUT2D eigenvalue weighted by Crippen LogP contribution is 2.22. The van der Waals surface area contributed by atoms with Crippen LogP contribution in [0.5, 0.6) is 5.75 Å².